The van der Waals surface area contributed by atoms with Crippen molar-refractivity contribution in [2.75, 3.05) is 50.8 Å². The maximum absolute atomic E-state index is 13.2. The van der Waals surface area contributed by atoms with Crippen molar-refractivity contribution in [2.45, 2.75) is 50.7 Å². The summed E-state index contributed by atoms with van der Waals surface area (Å²) in [4.78, 5) is 15.6. The molecule has 0 radical (unpaired) electrons. The summed E-state index contributed by atoms with van der Waals surface area (Å²) >= 11 is 0. The molecule has 1 unspecified atom stereocenters. The summed E-state index contributed by atoms with van der Waals surface area (Å²) < 4.78 is 10.1. The number of ether oxygens (including phenoxy) is 1. The van der Waals surface area contributed by atoms with E-state index in [1.807, 2.05) is 16.2 Å². The quantitative estimate of drug-likeness (QED) is 0.766. The first-order valence-corrected chi connectivity index (χ1v) is 12.2. The van der Waals surface area contributed by atoms with Crippen molar-refractivity contribution in [3.8, 4) is 0 Å². The molecule has 0 bridgehead atoms. The number of imidazole rings is 1. The highest BCUT2D eigenvalue weighted by Crippen LogP contribution is 2.32. The molecule has 1 atom stereocenters. The van der Waals surface area contributed by atoms with Gasteiger partial charge in [-0.05, 0) is 76.2 Å². The van der Waals surface area contributed by atoms with E-state index in [9.17, 15) is 4.79 Å². The smallest absolute Gasteiger partial charge is 0.329 e. The van der Waals surface area contributed by atoms with Crippen LogP contribution in [0.15, 0.2) is 23.0 Å². The molecule has 0 aliphatic carbocycles. The average Bonchev–Trinajstić information content (AvgIpc) is 3.09. The Kier molecular flexibility index (Phi) is 6.34. The molecular formula is C24H37N5O2. The second kappa shape index (κ2) is 9.35. The average molecular weight is 428 g/mol. The molecule has 3 aliphatic heterocycles. The zero-order valence-corrected chi connectivity index (χ0v) is 18.8. The van der Waals surface area contributed by atoms with Crippen molar-refractivity contribution in [1.29, 1.82) is 0 Å². The van der Waals surface area contributed by atoms with Crippen LogP contribution in [0.4, 0.5) is 5.69 Å². The lowest BCUT2D eigenvalue weighted by Crippen LogP contribution is -2.37. The number of rotatable bonds is 5. The molecule has 0 spiro atoms. The molecule has 7 heteroatoms. The SMILES string of the molecule is Cn1c(=O)n(C2CCCNC2)c2cccc(N3CCC(COC4CCNCC4)CC3)c21. The highest BCUT2D eigenvalue weighted by Gasteiger charge is 2.26. The van der Waals surface area contributed by atoms with Crippen molar-refractivity contribution < 1.29 is 4.74 Å². The van der Waals surface area contributed by atoms with Gasteiger partial charge in [-0.3, -0.25) is 9.13 Å². The minimum atomic E-state index is 0.112. The van der Waals surface area contributed by atoms with Gasteiger partial charge in [0.25, 0.3) is 0 Å². The molecule has 5 rings (SSSR count). The van der Waals surface area contributed by atoms with Gasteiger partial charge in [-0.15, -0.1) is 0 Å². The van der Waals surface area contributed by atoms with E-state index in [2.05, 4.69) is 33.7 Å². The Labute approximate surface area is 184 Å². The van der Waals surface area contributed by atoms with Crippen molar-refractivity contribution >= 4 is 16.7 Å². The number of nitrogens with one attached hydrogen (secondary N) is 2. The van der Waals surface area contributed by atoms with Gasteiger partial charge in [-0.1, -0.05) is 6.07 Å². The molecule has 1 aromatic heterocycles. The number of fused-ring (bicyclic) bond motifs is 1. The first-order chi connectivity index (χ1) is 15.2. The molecule has 1 aromatic carbocycles. The van der Waals surface area contributed by atoms with Gasteiger partial charge in [0, 0.05) is 33.3 Å². The largest absolute Gasteiger partial charge is 0.378 e. The Hall–Kier alpha value is -1.83. The van der Waals surface area contributed by atoms with Crippen molar-refractivity contribution in [3.05, 3.63) is 28.7 Å². The molecule has 2 N–H and O–H groups in total. The Morgan fingerprint density at radius 2 is 1.84 bits per heavy atom. The summed E-state index contributed by atoms with van der Waals surface area (Å²) in [5.41, 5.74) is 3.48. The van der Waals surface area contributed by atoms with E-state index in [0.717, 1.165) is 95.4 Å². The van der Waals surface area contributed by atoms with Gasteiger partial charge in [0.2, 0.25) is 0 Å². The van der Waals surface area contributed by atoms with Crippen LogP contribution in [0.5, 0.6) is 0 Å². The molecule has 0 saturated carbocycles. The van der Waals surface area contributed by atoms with Crippen LogP contribution in [0.2, 0.25) is 0 Å². The first kappa shape index (κ1) is 21.0. The van der Waals surface area contributed by atoms with Gasteiger partial charge in [-0.25, -0.2) is 4.79 Å². The molecular weight excluding hydrogens is 390 g/mol. The van der Waals surface area contributed by atoms with Gasteiger partial charge in [0.05, 0.1) is 28.9 Å². The normalized spacial score (nSPS) is 24.2. The van der Waals surface area contributed by atoms with Crippen molar-refractivity contribution in [3.63, 3.8) is 0 Å². The summed E-state index contributed by atoms with van der Waals surface area (Å²) in [5, 5.41) is 6.86. The van der Waals surface area contributed by atoms with Crippen molar-refractivity contribution in [2.24, 2.45) is 13.0 Å². The van der Waals surface area contributed by atoms with E-state index in [1.165, 1.54) is 5.69 Å². The molecule has 0 amide bonds. The predicted molar refractivity (Wildman–Crippen MR) is 125 cm³/mol. The van der Waals surface area contributed by atoms with Crippen LogP contribution in [-0.4, -0.2) is 61.1 Å². The predicted octanol–water partition coefficient (Wildman–Crippen LogP) is 2.25. The van der Waals surface area contributed by atoms with E-state index >= 15 is 0 Å². The minimum absolute atomic E-state index is 0.112. The third-order valence-corrected chi connectivity index (χ3v) is 7.53. The zero-order chi connectivity index (χ0) is 21.2. The van der Waals surface area contributed by atoms with Crippen LogP contribution in [0.3, 0.4) is 0 Å². The molecule has 3 saturated heterocycles. The summed E-state index contributed by atoms with van der Waals surface area (Å²) in [6.45, 7) is 7.06. The van der Waals surface area contributed by atoms with Crippen LogP contribution >= 0.6 is 0 Å². The molecule has 170 valence electrons. The fraction of sp³-hybridized carbons (Fsp3) is 0.708. The summed E-state index contributed by atoms with van der Waals surface area (Å²) in [5.74, 6) is 0.645. The van der Waals surface area contributed by atoms with Gasteiger partial charge in [0.1, 0.15) is 0 Å². The standard InChI is InChI=1S/C24H37N5O2/c1-27-23-21(5-2-6-22(23)29(24(27)30)19-4-3-11-26-16-19)28-14-9-18(10-15-28)17-31-20-7-12-25-13-8-20/h2,5-6,18-20,25-26H,3-4,7-17H2,1H3. The maximum atomic E-state index is 13.2. The number of benzene rings is 1. The second-order valence-electron chi connectivity index (χ2n) is 9.57. The second-order valence-corrected chi connectivity index (χ2v) is 9.57. The summed E-state index contributed by atoms with van der Waals surface area (Å²) in [6.07, 6.45) is 7.23. The van der Waals surface area contributed by atoms with Crippen LogP contribution < -0.4 is 21.2 Å². The van der Waals surface area contributed by atoms with Crippen LogP contribution in [0, 0.1) is 5.92 Å². The fourth-order valence-corrected chi connectivity index (χ4v) is 5.65. The lowest BCUT2D eigenvalue weighted by molar-refractivity contribution is 0.00738. The van der Waals surface area contributed by atoms with E-state index in [1.54, 1.807) is 0 Å². The number of para-hydroxylation sites is 1. The third-order valence-electron chi connectivity index (χ3n) is 7.53. The molecule has 2 aromatic rings. The highest BCUT2D eigenvalue weighted by molar-refractivity contribution is 5.89. The Morgan fingerprint density at radius 1 is 1.03 bits per heavy atom. The summed E-state index contributed by atoms with van der Waals surface area (Å²) in [7, 11) is 1.93. The number of anilines is 1. The fourth-order valence-electron chi connectivity index (χ4n) is 5.65. The van der Waals surface area contributed by atoms with Gasteiger partial charge < -0.3 is 20.3 Å². The lowest BCUT2D eigenvalue weighted by atomic mass is 9.97. The number of piperidine rings is 3. The first-order valence-electron chi connectivity index (χ1n) is 12.2. The summed E-state index contributed by atoms with van der Waals surface area (Å²) in [6, 6.07) is 6.68. The van der Waals surface area contributed by atoms with E-state index in [0.29, 0.717) is 12.0 Å². The number of hydrogen-bond acceptors (Lipinski definition) is 5. The van der Waals surface area contributed by atoms with Gasteiger partial charge in [-0.2, -0.15) is 0 Å². The van der Waals surface area contributed by atoms with E-state index in [4.69, 9.17) is 4.74 Å². The number of aromatic nitrogens is 2. The van der Waals surface area contributed by atoms with Crippen LogP contribution in [0.1, 0.15) is 44.6 Å². The molecule has 7 nitrogen and oxygen atoms in total. The number of nitrogens with zero attached hydrogens (tertiary/aromatic N) is 3. The highest BCUT2D eigenvalue weighted by atomic mass is 16.5. The maximum Gasteiger partial charge on any atom is 0.329 e. The zero-order valence-electron chi connectivity index (χ0n) is 18.8. The molecule has 31 heavy (non-hydrogen) atoms. The topological polar surface area (TPSA) is 63.5 Å². The Morgan fingerprint density at radius 3 is 2.58 bits per heavy atom. The molecule has 3 aliphatic rings. The number of aryl methyl sites for hydroxylation is 1. The third kappa shape index (κ3) is 4.28. The van der Waals surface area contributed by atoms with Crippen LogP contribution in [-0.2, 0) is 11.8 Å². The Balaban J connectivity index is 1.30. The molecule has 3 fully saturated rings. The minimum Gasteiger partial charge on any atom is -0.378 e. The molecule has 4 heterocycles. The lowest BCUT2D eigenvalue weighted by Gasteiger charge is -2.35. The van der Waals surface area contributed by atoms with E-state index < -0.39 is 0 Å². The van der Waals surface area contributed by atoms with Crippen molar-refractivity contribution in [1.82, 2.24) is 19.8 Å². The van der Waals surface area contributed by atoms with Gasteiger partial charge >= 0.3 is 5.69 Å². The van der Waals surface area contributed by atoms with Crippen LogP contribution in [0.25, 0.3) is 11.0 Å². The van der Waals surface area contributed by atoms with Gasteiger partial charge in [0.15, 0.2) is 0 Å². The monoisotopic (exact) mass is 427 g/mol. The van der Waals surface area contributed by atoms with E-state index in [-0.39, 0.29) is 11.7 Å². The number of hydrogen-bond donors (Lipinski definition) is 2. The Bertz CT molecular complexity index is 931.